The molecule has 0 unspecified atom stereocenters. The molecule has 1 aliphatic heterocycles. The van der Waals surface area contributed by atoms with Crippen molar-refractivity contribution in [2.24, 2.45) is 0 Å². The van der Waals surface area contributed by atoms with E-state index in [0.717, 1.165) is 5.56 Å². The first-order chi connectivity index (χ1) is 12.5. The second-order valence-electron chi connectivity index (χ2n) is 5.92. The molecule has 0 atom stereocenters. The van der Waals surface area contributed by atoms with Crippen LogP contribution in [0.1, 0.15) is 5.56 Å². The zero-order chi connectivity index (χ0) is 18.6. The summed E-state index contributed by atoms with van der Waals surface area (Å²) in [5.41, 5.74) is 1.01. The lowest BCUT2D eigenvalue weighted by atomic mass is 10.2. The molecule has 0 bridgehead atoms. The number of carbonyl (C=O) groups excluding carboxylic acids is 1. The molecule has 2 heterocycles. The van der Waals surface area contributed by atoms with Crippen LogP contribution in [-0.2, 0) is 14.8 Å². The van der Waals surface area contributed by atoms with Gasteiger partial charge in [-0.15, -0.1) is 0 Å². The van der Waals surface area contributed by atoms with Gasteiger partial charge in [0.15, 0.2) is 5.16 Å². The quantitative estimate of drug-likeness (QED) is 0.565. The second-order valence-corrected chi connectivity index (χ2v) is 8.80. The Labute approximate surface area is 157 Å². The lowest BCUT2D eigenvalue weighted by molar-refractivity contribution is -0.129. The number of rotatable bonds is 5. The number of benzene rings is 1. The van der Waals surface area contributed by atoms with E-state index >= 15 is 0 Å². The Kier molecular flexibility index (Phi) is 5.90. The van der Waals surface area contributed by atoms with E-state index in [9.17, 15) is 13.2 Å². The molecule has 1 aromatic carbocycles. The summed E-state index contributed by atoms with van der Waals surface area (Å²) in [4.78, 5) is 22.4. The van der Waals surface area contributed by atoms with Crippen molar-refractivity contribution in [3.05, 3.63) is 48.3 Å². The molecule has 9 heteroatoms. The van der Waals surface area contributed by atoms with Crippen LogP contribution >= 0.6 is 11.8 Å². The highest BCUT2D eigenvalue weighted by Crippen LogP contribution is 2.19. The molecule has 0 radical (unpaired) electrons. The van der Waals surface area contributed by atoms with Crippen LogP contribution in [0.2, 0.25) is 0 Å². The summed E-state index contributed by atoms with van der Waals surface area (Å²) in [7, 11) is -3.51. The molecule has 0 spiro atoms. The van der Waals surface area contributed by atoms with E-state index in [2.05, 4.69) is 9.97 Å². The molecular weight excluding hydrogens is 372 g/mol. The summed E-state index contributed by atoms with van der Waals surface area (Å²) >= 11 is 1.28. The molecule has 7 nitrogen and oxygen atoms in total. The maximum atomic E-state index is 12.7. The molecule has 0 aliphatic carbocycles. The van der Waals surface area contributed by atoms with Crippen LogP contribution in [-0.4, -0.2) is 65.4 Å². The zero-order valence-corrected chi connectivity index (χ0v) is 16.0. The monoisotopic (exact) mass is 392 g/mol. The summed E-state index contributed by atoms with van der Waals surface area (Å²) in [5, 5.41) is 0.557. The van der Waals surface area contributed by atoms with Gasteiger partial charge in [0.25, 0.3) is 0 Å². The zero-order valence-electron chi connectivity index (χ0n) is 14.4. The minimum absolute atomic E-state index is 0.0326. The van der Waals surface area contributed by atoms with E-state index in [0.29, 0.717) is 36.2 Å². The number of sulfonamides is 1. The number of nitrogens with zero attached hydrogens (tertiary/aromatic N) is 4. The van der Waals surface area contributed by atoms with Gasteiger partial charge in [-0.1, -0.05) is 29.5 Å². The van der Waals surface area contributed by atoms with Crippen molar-refractivity contribution < 1.29 is 13.2 Å². The number of hydrogen-bond acceptors (Lipinski definition) is 6. The van der Waals surface area contributed by atoms with Gasteiger partial charge < -0.3 is 4.90 Å². The lowest BCUT2D eigenvalue weighted by Gasteiger charge is -2.34. The summed E-state index contributed by atoms with van der Waals surface area (Å²) in [6.07, 6.45) is 3.27. The van der Waals surface area contributed by atoms with E-state index in [1.807, 2.05) is 6.92 Å². The number of thioether (sulfide) groups is 1. The molecule has 1 amide bonds. The summed E-state index contributed by atoms with van der Waals surface area (Å²) in [5.74, 6) is 0.212. The highest BCUT2D eigenvalue weighted by Gasteiger charge is 2.30. The standard InChI is InChI=1S/C17H20N4O3S2/c1-14-3-5-15(6-4-14)26(23,24)21-11-9-20(10-12-21)16(22)13-25-17-18-7-2-8-19-17/h2-8H,9-13H2,1H3. The predicted molar refractivity (Wildman–Crippen MR) is 99.3 cm³/mol. The minimum atomic E-state index is -3.51. The minimum Gasteiger partial charge on any atom is -0.339 e. The molecular formula is C17H20N4O3S2. The molecule has 1 aromatic heterocycles. The van der Waals surface area contributed by atoms with Crippen molar-refractivity contribution in [3.8, 4) is 0 Å². The Hall–Kier alpha value is -1.97. The van der Waals surface area contributed by atoms with E-state index in [1.54, 1.807) is 47.6 Å². The highest BCUT2D eigenvalue weighted by molar-refractivity contribution is 7.99. The molecule has 1 saturated heterocycles. The number of piperazine rings is 1. The van der Waals surface area contributed by atoms with Crippen molar-refractivity contribution in [2.75, 3.05) is 31.9 Å². The molecule has 1 aliphatic rings. The third kappa shape index (κ3) is 4.40. The number of carbonyl (C=O) groups is 1. The van der Waals surface area contributed by atoms with Crippen molar-refractivity contribution in [3.63, 3.8) is 0 Å². The molecule has 2 aromatic rings. The Bertz CT molecular complexity index is 849. The number of amides is 1. The van der Waals surface area contributed by atoms with Gasteiger partial charge in [-0.3, -0.25) is 4.79 Å². The Morgan fingerprint density at radius 1 is 1.08 bits per heavy atom. The van der Waals surface area contributed by atoms with Crippen LogP contribution in [0, 0.1) is 6.92 Å². The van der Waals surface area contributed by atoms with E-state index in [1.165, 1.54) is 16.1 Å². The predicted octanol–water partition coefficient (Wildman–Crippen LogP) is 1.41. The first-order valence-electron chi connectivity index (χ1n) is 8.21. The third-order valence-electron chi connectivity index (χ3n) is 4.12. The smallest absolute Gasteiger partial charge is 0.243 e. The van der Waals surface area contributed by atoms with Crippen molar-refractivity contribution in [2.45, 2.75) is 17.0 Å². The average Bonchev–Trinajstić information content (AvgIpc) is 2.67. The van der Waals surface area contributed by atoms with Gasteiger partial charge in [-0.2, -0.15) is 4.31 Å². The molecule has 3 rings (SSSR count). The first-order valence-corrected chi connectivity index (χ1v) is 10.6. The number of aromatic nitrogens is 2. The highest BCUT2D eigenvalue weighted by atomic mass is 32.2. The van der Waals surface area contributed by atoms with Crippen LogP contribution in [0.4, 0.5) is 0 Å². The third-order valence-corrected chi connectivity index (χ3v) is 6.89. The largest absolute Gasteiger partial charge is 0.339 e. The van der Waals surface area contributed by atoms with Gasteiger partial charge in [0.05, 0.1) is 10.6 Å². The van der Waals surface area contributed by atoms with Gasteiger partial charge in [0, 0.05) is 38.6 Å². The first kappa shape index (κ1) is 18.8. The van der Waals surface area contributed by atoms with Crippen molar-refractivity contribution in [1.82, 2.24) is 19.2 Å². The molecule has 26 heavy (non-hydrogen) atoms. The van der Waals surface area contributed by atoms with Gasteiger partial charge in [0.2, 0.25) is 15.9 Å². The maximum Gasteiger partial charge on any atom is 0.243 e. The van der Waals surface area contributed by atoms with Crippen LogP contribution in [0.25, 0.3) is 0 Å². The van der Waals surface area contributed by atoms with Crippen LogP contribution in [0.5, 0.6) is 0 Å². The summed E-state index contributed by atoms with van der Waals surface area (Å²) < 4.78 is 26.8. The SMILES string of the molecule is Cc1ccc(S(=O)(=O)N2CCN(C(=O)CSc3ncccn3)CC2)cc1. The van der Waals surface area contributed by atoms with Crippen LogP contribution < -0.4 is 0 Å². The fourth-order valence-corrected chi connectivity index (χ4v) is 4.74. The van der Waals surface area contributed by atoms with Crippen LogP contribution in [0.15, 0.2) is 52.8 Å². The molecule has 0 saturated carbocycles. The Balaban J connectivity index is 1.55. The van der Waals surface area contributed by atoms with Gasteiger partial charge in [-0.25, -0.2) is 18.4 Å². The average molecular weight is 393 g/mol. The number of hydrogen-bond donors (Lipinski definition) is 0. The van der Waals surface area contributed by atoms with Crippen molar-refractivity contribution >= 4 is 27.7 Å². The van der Waals surface area contributed by atoms with Gasteiger partial charge in [-0.05, 0) is 25.1 Å². The molecule has 1 fully saturated rings. The Morgan fingerprint density at radius 2 is 1.69 bits per heavy atom. The Morgan fingerprint density at radius 3 is 2.31 bits per heavy atom. The van der Waals surface area contributed by atoms with E-state index in [-0.39, 0.29) is 11.7 Å². The van der Waals surface area contributed by atoms with Crippen LogP contribution in [0.3, 0.4) is 0 Å². The fraction of sp³-hybridized carbons (Fsp3) is 0.353. The fourth-order valence-electron chi connectivity index (χ4n) is 2.61. The van der Waals surface area contributed by atoms with Gasteiger partial charge in [0.1, 0.15) is 0 Å². The summed E-state index contributed by atoms with van der Waals surface area (Å²) in [6, 6.07) is 8.54. The maximum absolute atomic E-state index is 12.7. The lowest BCUT2D eigenvalue weighted by Crippen LogP contribution is -2.50. The van der Waals surface area contributed by atoms with E-state index in [4.69, 9.17) is 0 Å². The number of aryl methyl sites for hydroxylation is 1. The van der Waals surface area contributed by atoms with Crippen molar-refractivity contribution in [1.29, 1.82) is 0 Å². The van der Waals surface area contributed by atoms with E-state index < -0.39 is 10.0 Å². The normalized spacial score (nSPS) is 15.8. The molecule has 138 valence electrons. The van der Waals surface area contributed by atoms with Gasteiger partial charge >= 0.3 is 0 Å². The topological polar surface area (TPSA) is 83.5 Å². The second kappa shape index (κ2) is 8.15. The summed E-state index contributed by atoms with van der Waals surface area (Å²) in [6.45, 7) is 3.29. The molecule has 0 N–H and O–H groups in total.